The van der Waals surface area contributed by atoms with E-state index in [-0.39, 0.29) is 12.1 Å². The van der Waals surface area contributed by atoms with Crippen LogP contribution in [-0.4, -0.2) is 32.1 Å². The number of amides is 2. The molecule has 0 aliphatic carbocycles. The molecule has 7 heteroatoms. The maximum Gasteiger partial charge on any atom is 0.319 e. The number of aromatic amines is 1. The first kappa shape index (κ1) is 15.8. The Kier molecular flexibility index (Phi) is 4.60. The largest absolute Gasteiger partial charge is 0.335 e. The van der Waals surface area contributed by atoms with E-state index in [1.54, 1.807) is 17.1 Å². The number of benzene rings is 1. The molecule has 3 rings (SSSR count). The summed E-state index contributed by atoms with van der Waals surface area (Å²) in [5.41, 5.74) is 3.51. The van der Waals surface area contributed by atoms with E-state index in [1.807, 2.05) is 50.2 Å². The third kappa shape index (κ3) is 4.01. The molecule has 0 radical (unpaired) electrons. The van der Waals surface area contributed by atoms with Gasteiger partial charge in [-0.05, 0) is 32.0 Å². The highest BCUT2D eigenvalue weighted by Gasteiger charge is 2.11. The van der Waals surface area contributed by atoms with E-state index in [9.17, 15) is 4.79 Å². The van der Waals surface area contributed by atoms with Crippen LogP contribution in [0.15, 0.2) is 48.8 Å². The number of hydrogen-bond donors (Lipinski definition) is 3. The predicted octanol–water partition coefficient (Wildman–Crippen LogP) is 2.66. The molecular formula is C17H20N6O. The normalized spacial score (nSPS) is 11.9. The molecule has 0 saturated heterocycles. The van der Waals surface area contributed by atoms with E-state index < -0.39 is 0 Å². The summed E-state index contributed by atoms with van der Waals surface area (Å²) >= 11 is 0. The van der Waals surface area contributed by atoms with Gasteiger partial charge < -0.3 is 10.6 Å². The number of aromatic nitrogens is 4. The van der Waals surface area contributed by atoms with Crippen molar-refractivity contribution in [3.63, 3.8) is 0 Å². The molecule has 2 aromatic heterocycles. The first-order valence-corrected chi connectivity index (χ1v) is 7.78. The number of nitrogens with zero attached hydrogens (tertiary/aromatic N) is 3. The Labute approximate surface area is 140 Å². The van der Waals surface area contributed by atoms with Gasteiger partial charge in [0.1, 0.15) is 0 Å². The number of anilines is 1. The number of aryl methyl sites for hydroxylation is 1. The second-order valence-corrected chi connectivity index (χ2v) is 5.76. The summed E-state index contributed by atoms with van der Waals surface area (Å²) in [5, 5.41) is 17.0. The maximum absolute atomic E-state index is 12.1. The first-order chi connectivity index (χ1) is 11.6. The lowest BCUT2D eigenvalue weighted by Gasteiger charge is -2.12. The number of nitrogens with one attached hydrogen (secondary N) is 3. The standard InChI is InChI=1S/C17H20N6O/c1-12(8-14-9-13(2)21-22-14)19-17(24)20-15-10-18-23(11-15)16-6-4-3-5-7-16/h3-7,9-12H,8H2,1-2H3,(H,21,22)(H2,19,20,24)/t12-/m0/s1. The van der Waals surface area contributed by atoms with Gasteiger partial charge in [-0.2, -0.15) is 10.2 Å². The molecule has 0 aliphatic heterocycles. The van der Waals surface area contributed by atoms with E-state index in [1.165, 1.54) is 0 Å². The zero-order chi connectivity index (χ0) is 16.9. The summed E-state index contributed by atoms with van der Waals surface area (Å²) in [6.45, 7) is 3.89. The molecule has 1 atom stereocenters. The summed E-state index contributed by atoms with van der Waals surface area (Å²) in [7, 11) is 0. The van der Waals surface area contributed by atoms with Gasteiger partial charge in [0.2, 0.25) is 0 Å². The lowest BCUT2D eigenvalue weighted by Crippen LogP contribution is -2.37. The number of H-pyrrole nitrogens is 1. The zero-order valence-electron chi connectivity index (χ0n) is 13.7. The van der Waals surface area contributed by atoms with Crippen LogP contribution in [0.4, 0.5) is 10.5 Å². The second kappa shape index (κ2) is 6.99. The Bertz CT molecular complexity index is 807. The van der Waals surface area contributed by atoms with E-state index in [4.69, 9.17) is 0 Å². The minimum Gasteiger partial charge on any atom is -0.335 e. The molecule has 0 unspecified atom stereocenters. The third-order valence-electron chi connectivity index (χ3n) is 3.51. The van der Waals surface area contributed by atoms with E-state index in [0.717, 1.165) is 17.1 Å². The van der Waals surface area contributed by atoms with Crippen LogP contribution in [0, 0.1) is 6.92 Å². The summed E-state index contributed by atoms with van der Waals surface area (Å²) in [4.78, 5) is 12.1. The smallest absolute Gasteiger partial charge is 0.319 e. The molecule has 0 aliphatic rings. The number of carbonyl (C=O) groups is 1. The van der Waals surface area contributed by atoms with Gasteiger partial charge in [-0.3, -0.25) is 5.10 Å². The van der Waals surface area contributed by atoms with E-state index >= 15 is 0 Å². The van der Waals surface area contributed by atoms with Crippen LogP contribution in [0.3, 0.4) is 0 Å². The van der Waals surface area contributed by atoms with Gasteiger partial charge in [0.25, 0.3) is 0 Å². The van der Waals surface area contributed by atoms with E-state index in [0.29, 0.717) is 12.1 Å². The number of carbonyl (C=O) groups excluding carboxylic acids is 1. The van der Waals surface area contributed by atoms with Crippen molar-refractivity contribution < 1.29 is 4.79 Å². The minimum absolute atomic E-state index is 0.0307. The van der Waals surface area contributed by atoms with Crippen molar-refractivity contribution in [1.29, 1.82) is 0 Å². The fourth-order valence-corrected chi connectivity index (χ4v) is 2.44. The molecule has 3 aromatic rings. The fourth-order valence-electron chi connectivity index (χ4n) is 2.44. The monoisotopic (exact) mass is 324 g/mol. The van der Waals surface area contributed by atoms with Crippen molar-refractivity contribution in [2.45, 2.75) is 26.3 Å². The summed E-state index contributed by atoms with van der Waals surface area (Å²) in [6, 6.07) is 11.4. The Morgan fingerprint density at radius 1 is 1.33 bits per heavy atom. The van der Waals surface area contributed by atoms with Crippen LogP contribution in [0.1, 0.15) is 18.3 Å². The predicted molar refractivity (Wildman–Crippen MR) is 92.2 cm³/mol. The highest BCUT2D eigenvalue weighted by Crippen LogP contribution is 2.11. The quantitative estimate of drug-likeness (QED) is 0.674. The molecule has 0 bridgehead atoms. The molecule has 3 N–H and O–H groups in total. The molecular weight excluding hydrogens is 304 g/mol. The van der Waals surface area contributed by atoms with Crippen molar-refractivity contribution in [3.8, 4) is 5.69 Å². The highest BCUT2D eigenvalue weighted by molar-refractivity contribution is 5.89. The summed E-state index contributed by atoms with van der Waals surface area (Å²) in [6.07, 6.45) is 4.06. The van der Waals surface area contributed by atoms with Crippen molar-refractivity contribution in [1.82, 2.24) is 25.3 Å². The fraction of sp³-hybridized carbons (Fsp3) is 0.235. The molecule has 124 valence electrons. The SMILES string of the molecule is Cc1cc(C[C@H](C)NC(=O)Nc2cnn(-c3ccccc3)c2)n[nH]1. The molecule has 0 spiro atoms. The van der Waals surface area contributed by atoms with Crippen LogP contribution in [-0.2, 0) is 6.42 Å². The van der Waals surface area contributed by atoms with Gasteiger partial charge in [0.15, 0.2) is 0 Å². The number of hydrogen-bond acceptors (Lipinski definition) is 3. The van der Waals surface area contributed by atoms with Crippen molar-refractivity contribution in [2.75, 3.05) is 5.32 Å². The van der Waals surface area contributed by atoms with Crippen LogP contribution in [0.5, 0.6) is 0 Å². The molecule has 2 amide bonds. The van der Waals surface area contributed by atoms with Crippen LogP contribution >= 0.6 is 0 Å². The van der Waals surface area contributed by atoms with Gasteiger partial charge in [0.05, 0.1) is 29.5 Å². The minimum atomic E-state index is -0.262. The Balaban J connectivity index is 1.54. The molecule has 0 fully saturated rings. The molecule has 2 heterocycles. The van der Waals surface area contributed by atoms with Crippen LogP contribution in [0.2, 0.25) is 0 Å². The van der Waals surface area contributed by atoms with E-state index in [2.05, 4.69) is 25.9 Å². The van der Waals surface area contributed by atoms with Gasteiger partial charge in [-0.25, -0.2) is 9.48 Å². The van der Waals surface area contributed by atoms with Crippen molar-refractivity contribution >= 4 is 11.7 Å². The summed E-state index contributed by atoms with van der Waals surface area (Å²) < 4.78 is 1.71. The second-order valence-electron chi connectivity index (χ2n) is 5.76. The lowest BCUT2D eigenvalue weighted by molar-refractivity contribution is 0.249. The average molecular weight is 324 g/mol. The first-order valence-electron chi connectivity index (χ1n) is 7.78. The highest BCUT2D eigenvalue weighted by atomic mass is 16.2. The number of urea groups is 1. The number of rotatable bonds is 5. The van der Waals surface area contributed by atoms with Gasteiger partial charge in [-0.1, -0.05) is 18.2 Å². The zero-order valence-corrected chi connectivity index (χ0v) is 13.7. The maximum atomic E-state index is 12.1. The molecule has 0 saturated carbocycles. The van der Waals surface area contributed by atoms with Crippen molar-refractivity contribution in [2.24, 2.45) is 0 Å². The summed E-state index contributed by atoms with van der Waals surface area (Å²) in [5.74, 6) is 0. The van der Waals surface area contributed by atoms with Crippen LogP contribution in [0.25, 0.3) is 5.69 Å². The lowest BCUT2D eigenvalue weighted by atomic mass is 10.2. The number of para-hydroxylation sites is 1. The molecule has 24 heavy (non-hydrogen) atoms. The van der Waals surface area contributed by atoms with Crippen molar-refractivity contribution in [3.05, 3.63) is 60.2 Å². The van der Waals surface area contributed by atoms with Gasteiger partial charge >= 0.3 is 6.03 Å². The topological polar surface area (TPSA) is 87.6 Å². The Hall–Kier alpha value is -3.09. The van der Waals surface area contributed by atoms with Gasteiger partial charge in [-0.15, -0.1) is 0 Å². The molecule has 7 nitrogen and oxygen atoms in total. The third-order valence-corrected chi connectivity index (χ3v) is 3.51. The Morgan fingerprint density at radius 3 is 2.83 bits per heavy atom. The molecule has 1 aromatic carbocycles. The van der Waals surface area contributed by atoms with Crippen LogP contribution < -0.4 is 10.6 Å². The Morgan fingerprint density at radius 2 is 2.12 bits per heavy atom. The van der Waals surface area contributed by atoms with Gasteiger partial charge in [0, 0.05) is 18.2 Å². The average Bonchev–Trinajstić information content (AvgIpc) is 3.17.